The molecule has 2 aliphatic heterocycles. The van der Waals surface area contributed by atoms with E-state index in [4.69, 9.17) is 14.2 Å². The lowest BCUT2D eigenvalue weighted by Gasteiger charge is -2.48. The number of fused-ring (bicyclic) bond motifs is 1. The Kier molecular flexibility index (Phi) is 4.00. The number of methoxy groups -OCH3 is 2. The van der Waals surface area contributed by atoms with Crippen molar-refractivity contribution in [2.75, 3.05) is 34.4 Å². The Morgan fingerprint density at radius 2 is 1.92 bits per heavy atom. The van der Waals surface area contributed by atoms with Crippen LogP contribution in [0, 0.1) is 0 Å². The molecule has 4 nitrogen and oxygen atoms in total. The molecule has 1 spiro atoms. The number of rotatable bonds is 3. The van der Waals surface area contributed by atoms with Crippen LogP contribution in [0.15, 0.2) is 18.2 Å². The van der Waals surface area contributed by atoms with Crippen molar-refractivity contribution in [3.05, 3.63) is 23.8 Å². The summed E-state index contributed by atoms with van der Waals surface area (Å²) in [6.07, 6.45) is 7.24. The molecule has 132 valence electrons. The third-order valence-corrected chi connectivity index (χ3v) is 6.82. The molecule has 0 amide bonds. The van der Waals surface area contributed by atoms with Crippen molar-refractivity contribution in [1.29, 1.82) is 0 Å². The van der Waals surface area contributed by atoms with Crippen molar-refractivity contribution in [2.24, 2.45) is 0 Å². The maximum Gasteiger partial charge on any atom is 0.161 e. The number of nitrogens with zero attached hydrogens (tertiary/aromatic N) is 1. The normalized spacial score (nSPS) is 36.0. The van der Waals surface area contributed by atoms with E-state index in [1.54, 1.807) is 14.2 Å². The lowest BCUT2D eigenvalue weighted by atomic mass is 9.62. The Balaban J connectivity index is 1.70. The lowest BCUT2D eigenvalue weighted by Crippen LogP contribution is -2.52. The van der Waals surface area contributed by atoms with Crippen molar-refractivity contribution >= 4 is 0 Å². The summed E-state index contributed by atoms with van der Waals surface area (Å²) in [7, 11) is 5.70. The first-order valence-corrected chi connectivity index (χ1v) is 9.19. The number of hydrogen-bond acceptors (Lipinski definition) is 4. The van der Waals surface area contributed by atoms with Crippen molar-refractivity contribution in [3.63, 3.8) is 0 Å². The monoisotopic (exact) mass is 331 g/mol. The largest absolute Gasteiger partial charge is 0.493 e. The predicted octanol–water partition coefficient (Wildman–Crippen LogP) is 3.38. The van der Waals surface area contributed by atoms with E-state index >= 15 is 0 Å². The topological polar surface area (TPSA) is 30.9 Å². The van der Waals surface area contributed by atoms with Crippen molar-refractivity contribution < 1.29 is 14.2 Å². The van der Waals surface area contributed by atoms with Gasteiger partial charge in [0.15, 0.2) is 11.5 Å². The fraction of sp³-hybridized carbons (Fsp3) is 0.700. The molecule has 1 saturated carbocycles. The van der Waals surface area contributed by atoms with Gasteiger partial charge < -0.3 is 19.1 Å². The highest BCUT2D eigenvalue weighted by atomic mass is 16.5. The number of hydrogen-bond donors (Lipinski definition) is 0. The van der Waals surface area contributed by atoms with Crippen molar-refractivity contribution in [1.82, 2.24) is 4.90 Å². The van der Waals surface area contributed by atoms with E-state index in [9.17, 15) is 0 Å². The van der Waals surface area contributed by atoms with E-state index in [0.29, 0.717) is 6.04 Å². The van der Waals surface area contributed by atoms with E-state index < -0.39 is 0 Å². The number of benzene rings is 1. The third kappa shape index (κ3) is 2.34. The smallest absolute Gasteiger partial charge is 0.161 e. The highest BCUT2D eigenvalue weighted by Gasteiger charge is 2.55. The van der Waals surface area contributed by atoms with Crippen molar-refractivity contribution in [2.45, 2.75) is 55.6 Å². The molecule has 3 atom stereocenters. The molecule has 0 bridgehead atoms. The average molecular weight is 331 g/mol. The van der Waals surface area contributed by atoms with Crippen LogP contribution in [0.1, 0.15) is 44.1 Å². The summed E-state index contributed by atoms with van der Waals surface area (Å²) in [6, 6.07) is 7.08. The standard InChI is InChI=1S/C20H29NO3/c1-21-11-10-20(15-5-6-16(22-2)17(13-15)23-3)9-8-19(14-18(20)21)7-4-12-24-19/h5-6,13,18H,4,7-12,14H2,1-3H3/t18-,19+,20-/m0/s1. The molecular weight excluding hydrogens is 302 g/mol. The highest BCUT2D eigenvalue weighted by molar-refractivity contribution is 5.46. The van der Waals surface area contributed by atoms with Crippen LogP contribution in [-0.2, 0) is 10.2 Å². The molecule has 1 aliphatic carbocycles. The van der Waals surface area contributed by atoms with Gasteiger partial charge in [-0.2, -0.15) is 0 Å². The molecule has 1 aromatic carbocycles. The summed E-state index contributed by atoms with van der Waals surface area (Å²) in [4.78, 5) is 2.55. The zero-order valence-electron chi connectivity index (χ0n) is 15.1. The summed E-state index contributed by atoms with van der Waals surface area (Å²) < 4.78 is 17.2. The molecule has 3 aliphatic rings. The molecule has 0 N–H and O–H groups in total. The second-order valence-corrected chi connectivity index (χ2v) is 7.81. The maximum absolute atomic E-state index is 6.23. The summed E-state index contributed by atoms with van der Waals surface area (Å²) >= 11 is 0. The maximum atomic E-state index is 6.23. The van der Waals surface area contributed by atoms with Crippen molar-refractivity contribution in [3.8, 4) is 11.5 Å². The predicted molar refractivity (Wildman–Crippen MR) is 94.0 cm³/mol. The molecular formula is C20H29NO3. The highest BCUT2D eigenvalue weighted by Crippen LogP contribution is 2.54. The molecule has 3 fully saturated rings. The van der Waals surface area contributed by atoms with Gasteiger partial charge in [-0.3, -0.25) is 0 Å². The molecule has 2 saturated heterocycles. The molecule has 2 heterocycles. The summed E-state index contributed by atoms with van der Waals surface area (Å²) in [5, 5.41) is 0. The van der Waals surface area contributed by atoms with E-state index in [1.165, 1.54) is 37.7 Å². The molecule has 4 heteroatoms. The summed E-state index contributed by atoms with van der Waals surface area (Å²) in [5.41, 5.74) is 1.77. The minimum Gasteiger partial charge on any atom is -0.493 e. The van der Waals surface area contributed by atoms with Gasteiger partial charge in [0.2, 0.25) is 0 Å². The fourth-order valence-corrected chi connectivity index (χ4v) is 5.41. The van der Waals surface area contributed by atoms with E-state index in [2.05, 4.69) is 30.1 Å². The van der Waals surface area contributed by atoms with Crippen LogP contribution >= 0.6 is 0 Å². The van der Waals surface area contributed by atoms with Gasteiger partial charge in [0, 0.05) is 18.1 Å². The SMILES string of the molecule is COc1ccc([C@]23CCN(C)[C@H]2C[C@@]2(CCCO2)CC3)cc1OC. The molecule has 0 radical (unpaired) electrons. The molecule has 4 rings (SSSR count). The van der Waals surface area contributed by atoms with Gasteiger partial charge in [-0.15, -0.1) is 0 Å². The van der Waals surface area contributed by atoms with Crippen LogP contribution in [0.25, 0.3) is 0 Å². The van der Waals surface area contributed by atoms with Gasteiger partial charge in [-0.05, 0) is 69.8 Å². The van der Waals surface area contributed by atoms with Gasteiger partial charge in [-0.25, -0.2) is 0 Å². The van der Waals surface area contributed by atoms with Crippen LogP contribution in [0.3, 0.4) is 0 Å². The number of ether oxygens (including phenoxy) is 3. The van der Waals surface area contributed by atoms with Crippen LogP contribution in [0.2, 0.25) is 0 Å². The molecule has 24 heavy (non-hydrogen) atoms. The zero-order chi connectivity index (χ0) is 16.8. The van der Waals surface area contributed by atoms with E-state index in [1.807, 2.05) is 0 Å². The first kappa shape index (κ1) is 16.2. The van der Waals surface area contributed by atoms with Gasteiger partial charge in [0.25, 0.3) is 0 Å². The zero-order valence-corrected chi connectivity index (χ0v) is 15.1. The van der Waals surface area contributed by atoms with Crippen LogP contribution in [0.5, 0.6) is 11.5 Å². The Hall–Kier alpha value is -1.26. The fourth-order valence-electron chi connectivity index (χ4n) is 5.41. The number of likely N-dealkylation sites (tertiary alicyclic amines) is 1. The lowest BCUT2D eigenvalue weighted by molar-refractivity contribution is -0.0581. The third-order valence-electron chi connectivity index (χ3n) is 6.82. The number of likely N-dealkylation sites (N-methyl/N-ethyl adjacent to an activating group) is 1. The Labute approximate surface area is 145 Å². The van der Waals surface area contributed by atoms with Crippen LogP contribution in [0.4, 0.5) is 0 Å². The Morgan fingerprint density at radius 3 is 2.62 bits per heavy atom. The first-order chi connectivity index (χ1) is 11.6. The molecule has 0 unspecified atom stereocenters. The summed E-state index contributed by atoms with van der Waals surface area (Å²) in [6.45, 7) is 2.11. The van der Waals surface area contributed by atoms with Crippen LogP contribution < -0.4 is 9.47 Å². The van der Waals surface area contributed by atoms with E-state index in [0.717, 1.165) is 31.1 Å². The van der Waals surface area contributed by atoms with Gasteiger partial charge >= 0.3 is 0 Å². The Morgan fingerprint density at radius 1 is 1.08 bits per heavy atom. The minimum absolute atomic E-state index is 0.142. The van der Waals surface area contributed by atoms with Gasteiger partial charge in [0.1, 0.15) is 0 Å². The average Bonchev–Trinajstić information content (AvgIpc) is 3.21. The van der Waals surface area contributed by atoms with Gasteiger partial charge in [0.05, 0.1) is 19.8 Å². The first-order valence-electron chi connectivity index (χ1n) is 9.19. The Bertz CT molecular complexity index is 611. The second-order valence-electron chi connectivity index (χ2n) is 7.81. The summed E-state index contributed by atoms with van der Waals surface area (Å²) in [5.74, 6) is 1.65. The quantitative estimate of drug-likeness (QED) is 0.850. The molecule has 1 aromatic rings. The minimum atomic E-state index is 0.142. The molecule has 0 aromatic heterocycles. The van der Waals surface area contributed by atoms with E-state index in [-0.39, 0.29) is 11.0 Å². The van der Waals surface area contributed by atoms with Crippen LogP contribution in [-0.4, -0.2) is 51.0 Å². The van der Waals surface area contributed by atoms with Gasteiger partial charge in [-0.1, -0.05) is 6.07 Å². The second kappa shape index (κ2) is 5.92.